The van der Waals surface area contributed by atoms with Gasteiger partial charge in [0.25, 0.3) is 5.69 Å². The fraction of sp³-hybridized carbons (Fsp3) is 0.312. The molecular formula is C16H17N3O7. The number of ether oxygens (including phenoxy) is 3. The highest BCUT2D eigenvalue weighted by Crippen LogP contribution is 2.22. The van der Waals surface area contributed by atoms with E-state index in [-0.39, 0.29) is 17.0 Å². The number of nitro benzene ring substituents is 1. The van der Waals surface area contributed by atoms with E-state index in [9.17, 15) is 19.7 Å². The zero-order valence-electron chi connectivity index (χ0n) is 14.4. The maximum Gasteiger partial charge on any atom is 0.422 e. The minimum Gasteiger partial charge on any atom is -0.465 e. The maximum absolute atomic E-state index is 12.4. The molecular weight excluding hydrogens is 346 g/mol. The molecule has 0 spiro atoms. The Morgan fingerprint density at radius 3 is 2.42 bits per heavy atom. The van der Waals surface area contributed by atoms with E-state index in [0.29, 0.717) is 12.1 Å². The summed E-state index contributed by atoms with van der Waals surface area (Å²) in [6, 6.07) is 4.98. The first kappa shape index (κ1) is 19.1. The molecule has 0 N–H and O–H groups in total. The summed E-state index contributed by atoms with van der Waals surface area (Å²) < 4.78 is 15.0. The number of carbonyl (C=O) groups excluding carboxylic acids is 2. The largest absolute Gasteiger partial charge is 0.465 e. The van der Waals surface area contributed by atoms with Gasteiger partial charge in [0.2, 0.25) is 6.35 Å². The molecule has 1 heterocycles. The van der Waals surface area contributed by atoms with Gasteiger partial charge in [-0.15, -0.1) is 0 Å². The smallest absolute Gasteiger partial charge is 0.422 e. The van der Waals surface area contributed by atoms with E-state index in [1.54, 1.807) is 6.92 Å². The van der Waals surface area contributed by atoms with Gasteiger partial charge in [-0.05, 0) is 18.6 Å². The number of methoxy groups -OCH3 is 2. The van der Waals surface area contributed by atoms with Crippen molar-refractivity contribution in [2.24, 2.45) is 4.99 Å². The number of non-ortho nitro benzene ring substituents is 1. The lowest BCUT2D eigenvalue weighted by Gasteiger charge is -2.29. The molecule has 1 aliphatic rings. The van der Waals surface area contributed by atoms with Crippen molar-refractivity contribution in [3.8, 4) is 5.75 Å². The molecule has 10 heteroatoms. The van der Waals surface area contributed by atoms with Crippen LogP contribution >= 0.6 is 0 Å². The summed E-state index contributed by atoms with van der Waals surface area (Å²) in [6.45, 7) is 1.80. The van der Waals surface area contributed by atoms with E-state index < -0.39 is 23.3 Å². The number of aliphatic imine (C=N–C) groups is 1. The van der Waals surface area contributed by atoms with Crippen LogP contribution in [0.4, 0.5) is 10.5 Å². The SMILES string of the molecule is CCC1=NC(OC)N(C(=O)Oc2ccc([N+](=O)[O-])cc2)C=C1C(=O)OC. The number of nitrogens with zero attached hydrogens (tertiary/aromatic N) is 3. The van der Waals surface area contributed by atoms with Crippen LogP contribution in [0.15, 0.2) is 41.0 Å². The Bertz CT molecular complexity index is 771. The van der Waals surface area contributed by atoms with E-state index in [0.717, 1.165) is 4.90 Å². The molecule has 10 nitrogen and oxygen atoms in total. The van der Waals surface area contributed by atoms with Crippen LogP contribution in [0, 0.1) is 10.1 Å². The van der Waals surface area contributed by atoms with Crippen molar-refractivity contribution in [2.45, 2.75) is 19.7 Å². The number of benzene rings is 1. The molecule has 0 saturated heterocycles. The molecule has 1 aliphatic heterocycles. The Hall–Kier alpha value is -3.27. The van der Waals surface area contributed by atoms with E-state index in [1.807, 2.05) is 0 Å². The molecule has 0 saturated carbocycles. The van der Waals surface area contributed by atoms with Gasteiger partial charge in [0.15, 0.2) is 0 Å². The third-order valence-corrected chi connectivity index (χ3v) is 3.50. The fourth-order valence-electron chi connectivity index (χ4n) is 2.20. The van der Waals surface area contributed by atoms with Crippen molar-refractivity contribution in [2.75, 3.05) is 14.2 Å². The van der Waals surface area contributed by atoms with Crippen molar-refractivity contribution in [1.82, 2.24) is 4.90 Å². The number of amides is 1. The predicted octanol–water partition coefficient (Wildman–Crippen LogP) is 2.25. The van der Waals surface area contributed by atoms with Crippen LogP contribution in [0.25, 0.3) is 0 Å². The van der Waals surface area contributed by atoms with Crippen LogP contribution in [0.3, 0.4) is 0 Å². The molecule has 0 fully saturated rings. The van der Waals surface area contributed by atoms with Crippen molar-refractivity contribution in [1.29, 1.82) is 0 Å². The Balaban J connectivity index is 2.24. The van der Waals surface area contributed by atoms with Crippen LogP contribution < -0.4 is 4.74 Å². The van der Waals surface area contributed by atoms with E-state index >= 15 is 0 Å². The lowest BCUT2D eigenvalue weighted by Crippen LogP contribution is -2.42. The zero-order chi connectivity index (χ0) is 19.3. The number of hydrogen-bond acceptors (Lipinski definition) is 8. The first-order chi connectivity index (χ1) is 12.4. The number of esters is 1. The quantitative estimate of drug-likeness (QED) is 0.447. The van der Waals surface area contributed by atoms with Crippen LogP contribution in [-0.4, -0.2) is 48.2 Å². The number of hydrogen-bond donors (Lipinski definition) is 0. The molecule has 1 aromatic carbocycles. The van der Waals surface area contributed by atoms with Crippen LogP contribution in [0.2, 0.25) is 0 Å². The molecule has 26 heavy (non-hydrogen) atoms. The zero-order valence-corrected chi connectivity index (χ0v) is 14.4. The van der Waals surface area contributed by atoms with Crippen molar-refractivity contribution in [3.63, 3.8) is 0 Å². The highest BCUT2D eigenvalue weighted by molar-refractivity contribution is 6.20. The third kappa shape index (κ3) is 4.03. The average Bonchev–Trinajstić information content (AvgIpc) is 2.66. The molecule has 1 unspecified atom stereocenters. The summed E-state index contributed by atoms with van der Waals surface area (Å²) >= 11 is 0. The van der Waals surface area contributed by atoms with Crippen molar-refractivity contribution < 1.29 is 28.7 Å². The van der Waals surface area contributed by atoms with Gasteiger partial charge in [-0.25, -0.2) is 19.5 Å². The highest BCUT2D eigenvalue weighted by Gasteiger charge is 2.31. The van der Waals surface area contributed by atoms with Crippen LogP contribution in [-0.2, 0) is 14.3 Å². The van der Waals surface area contributed by atoms with Gasteiger partial charge in [0.05, 0.1) is 23.3 Å². The van der Waals surface area contributed by atoms with Crippen molar-refractivity contribution >= 4 is 23.5 Å². The third-order valence-electron chi connectivity index (χ3n) is 3.50. The molecule has 0 bridgehead atoms. The minimum absolute atomic E-state index is 0.0914. The summed E-state index contributed by atoms with van der Waals surface area (Å²) in [4.78, 5) is 39.6. The Kier molecular flexibility index (Phi) is 6.02. The van der Waals surface area contributed by atoms with Crippen LogP contribution in [0.5, 0.6) is 5.75 Å². The van der Waals surface area contributed by atoms with Gasteiger partial charge >= 0.3 is 12.1 Å². The minimum atomic E-state index is -1.01. The van der Waals surface area contributed by atoms with Crippen LogP contribution in [0.1, 0.15) is 13.3 Å². The monoisotopic (exact) mass is 363 g/mol. The van der Waals surface area contributed by atoms with Gasteiger partial charge in [0, 0.05) is 25.4 Å². The summed E-state index contributed by atoms with van der Waals surface area (Å²) in [7, 11) is 2.57. The van der Waals surface area contributed by atoms with Gasteiger partial charge in [-0.2, -0.15) is 0 Å². The number of nitro groups is 1. The number of rotatable bonds is 5. The molecule has 1 atom stereocenters. The highest BCUT2D eigenvalue weighted by atomic mass is 16.6. The first-order valence-electron chi connectivity index (χ1n) is 7.55. The molecule has 138 valence electrons. The molecule has 0 aromatic heterocycles. The Morgan fingerprint density at radius 2 is 1.92 bits per heavy atom. The summed E-state index contributed by atoms with van der Waals surface area (Å²) in [5, 5.41) is 10.7. The molecule has 1 amide bonds. The lowest BCUT2D eigenvalue weighted by atomic mass is 10.1. The molecule has 0 aliphatic carbocycles. The molecule has 0 radical (unpaired) electrons. The normalized spacial score (nSPS) is 16.4. The standard InChI is InChI=1S/C16H17N3O7/c1-4-13-12(14(20)24-2)9-18(15(17-13)25-3)16(21)26-11-7-5-10(6-8-11)19(22)23/h5-9,15H,4H2,1-3H3. The Labute approximate surface area is 148 Å². The van der Waals surface area contributed by atoms with E-state index in [4.69, 9.17) is 14.2 Å². The van der Waals surface area contributed by atoms with Crippen molar-refractivity contribution in [3.05, 3.63) is 46.2 Å². The van der Waals surface area contributed by atoms with Gasteiger partial charge < -0.3 is 14.2 Å². The second kappa shape index (κ2) is 8.21. The second-order valence-electron chi connectivity index (χ2n) is 5.05. The van der Waals surface area contributed by atoms with Gasteiger partial charge in [-0.1, -0.05) is 6.92 Å². The van der Waals surface area contributed by atoms with Gasteiger partial charge in [0.1, 0.15) is 5.75 Å². The second-order valence-corrected chi connectivity index (χ2v) is 5.05. The number of carbonyl (C=O) groups is 2. The maximum atomic E-state index is 12.4. The average molecular weight is 363 g/mol. The first-order valence-corrected chi connectivity index (χ1v) is 7.55. The predicted molar refractivity (Wildman–Crippen MR) is 89.6 cm³/mol. The topological polar surface area (TPSA) is 121 Å². The summed E-state index contributed by atoms with van der Waals surface area (Å²) in [6.07, 6.45) is -0.194. The summed E-state index contributed by atoms with van der Waals surface area (Å²) in [5.74, 6) is -0.554. The Morgan fingerprint density at radius 1 is 1.27 bits per heavy atom. The summed E-state index contributed by atoms with van der Waals surface area (Å²) in [5.41, 5.74) is 0.412. The lowest BCUT2D eigenvalue weighted by molar-refractivity contribution is -0.384. The van der Waals surface area contributed by atoms with E-state index in [2.05, 4.69) is 4.99 Å². The van der Waals surface area contributed by atoms with Gasteiger partial charge in [-0.3, -0.25) is 10.1 Å². The fourth-order valence-corrected chi connectivity index (χ4v) is 2.20. The van der Waals surface area contributed by atoms with E-state index in [1.165, 1.54) is 44.7 Å². The molecule has 2 rings (SSSR count). The molecule has 1 aromatic rings.